The number of piperidine rings is 1. The normalized spacial score (nSPS) is 21.9. The molecule has 0 bridgehead atoms. The Kier molecular flexibility index (Phi) is 5.34. The molecule has 13 heavy (non-hydrogen) atoms. The molecule has 4 heteroatoms. The van der Waals surface area contributed by atoms with Crippen LogP contribution in [0.5, 0.6) is 0 Å². The van der Waals surface area contributed by atoms with Gasteiger partial charge in [-0.1, -0.05) is 14.0 Å². The third kappa shape index (κ3) is 3.16. The lowest BCUT2D eigenvalue weighted by Crippen LogP contribution is -2.49. The van der Waals surface area contributed by atoms with E-state index in [9.17, 15) is 4.79 Å². The second-order valence-electron chi connectivity index (χ2n) is 2.99. The fourth-order valence-electron chi connectivity index (χ4n) is 1.44. The van der Waals surface area contributed by atoms with Crippen LogP contribution in [-0.2, 0) is 4.79 Å². The lowest BCUT2D eigenvalue weighted by Gasteiger charge is -2.31. The average Bonchev–Trinajstić information content (AvgIpc) is 2.17. The minimum atomic E-state index is -0.00468. The van der Waals surface area contributed by atoms with Crippen LogP contribution in [0.4, 0.5) is 0 Å². The highest BCUT2D eigenvalue weighted by atomic mass is 16.2. The van der Waals surface area contributed by atoms with Crippen molar-refractivity contribution in [3.63, 3.8) is 0 Å². The number of nitrogens with one attached hydrogen (secondary N) is 1. The van der Waals surface area contributed by atoms with Gasteiger partial charge in [0.05, 0.1) is 0 Å². The molecule has 1 saturated heterocycles. The minimum absolute atomic E-state index is 0. The van der Waals surface area contributed by atoms with Gasteiger partial charge in [-0.25, -0.2) is 0 Å². The summed E-state index contributed by atoms with van der Waals surface area (Å²) in [4.78, 5) is 12.9. The second-order valence-corrected chi connectivity index (χ2v) is 2.99. The molecule has 0 aromatic heterocycles. The van der Waals surface area contributed by atoms with Crippen molar-refractivity contribution in [3.05, 3.63) is 12.7 Å². The van der Waals surface area contributed by atoms with Gasteiger partial charge < -0.3 is 4.90 Å². The van der Waals surface area contributed by atoms with Crippen molar-refractivity contribution in [1.29, 1.82) is 0 Å². The molecule has 1 amide bonds. The third-order valence-corrected chi connectivity index (χ3v) is 2.14. The molecule has 0 unspecified atom stereocenters. The van der Waals surface area contributed by atoms with Crippen LogP contribution in [0.3, 0.4) is 0 Å². The summed E-state index contributed by atoms with van der Waals surface area (Å²) >= 11 is 0. The summed E-state index contributed by atoms with van der Waals surface area (Å²) < 4.78 is 0. The molecule has 1 heterocycles. The van der Waals surface area contributed by atoms with E-state index in [1.165, 1.54) is 6.08 Å². The summed E-state index contributed by atoms with van der Waals surface area (Å²) in [6.45, 7) is 4.96. The number of hydrazine groups is 1. The van der Waals surface area contributed by atoms with Gasteiger partial charge in [0.15, 0.2) is 0 Å². The number of likely N-dealkylation sites (tertiary alicyclic amines) is 1. The Balaban J connectivity index is 0.00000144. The van der Waals surface area contributed by atoms with E-state index >= 15 is 0 Å². The fraction of sp³-hybridized carbons (Fsp3) is 0.667. The number of hydrogen-bond acceptors (Lipinski definition) is 3. The fourth-order valence-corrected chi connectivity index (χ4v) is 1.44. The molecule has 4 nitrogen and oxygen atoms in total. The predicted octanol–water partition coefficient (Wildman–Crippen LogP) is 0.263. The first-order valence-corrected chi connectivity index (χ1v) is 4.15. The quantitative estimate of drug-likeness (QED) is 0.368. The van der Waals surface area contributed by atoms with E-state index in [0.29, 0.717) is 6.54 Å². The Labute approximate surface area is 79.8 Å². The molecule has 0 aliphatic carbocycles. The molecule has 1 aliphatic rings. The highest BCUT2D eigenvalue weighted by Crippen LogP contribution is 2.09. The summed E-state index contributed by atoms with van der Waals surface area (Å²) in [6, 6.07) is 0.239. The summed E-state index contributed by atoms with van der Waals surface area (Å²) in [6.07, 6.45) is 3.39. The van der Waals surface area contributed by atoms with Gasteiger partial charge in [0.2, 0.25) is 5.91 Å². The molecule has 1 rings (SSSR count). The molecular weight excluding hydrogens is 166 g/mol. The number of carbonyl (C=O) groups excluding carboxylic acids is 1. The molecule has 0 saturated carbocycles. The minimum Gasteiger partial charge on any atom is -0.338 e. The van der Waals surface area contributed by atoms with E-state index in [1.807, 2.05) is 0 Å². The summed E-state index contributed by atoms with van der Waals surface area (Å²) in [7, 11) is 0. The van der Waals surface area contributed by atoms with Crippen molar-refractivity contribution in [2.75, 3.05) is 13.1 Å². The van der Waals surface area contributed by atoms with E-state index in [2.05, 4.69) is 12.0 Å². The zero-order valence-corrected chi connectivity index (χ0v) is 7.12. The van der Waals surface area contributed by atoms with E-state index in [1.54, 1.807) is 4.90 Å². The van der Waals surface area contributed by atoms with Gasteiger partial charge in [-0.2, -0.15) is 0 Å². The van der Waals surface area contributed by atoms with Crippen molar-refractivity contribution >= 4 is 5.91 Å². The van der Waals surface area contributed by atoms with Crippen LogP contribution in [0.25, 0.3) is 0 Å². The van der Waals surface area contributed by atoms with E-state index in [-0.39, 0.29) is 19.4 Å². The Morgan fingerprint density at radius 3 is 2.92 bits per heavy atom. The molecule has 0 spiro atoms. The molecule has 0 radical (unpaired) electrons. The van der Waals surface area contributed by atoms with Crippen molar-refractivity contribution in [3.8, 4) is 0 Å². The molecule has 0 aromatic rings. The second kappa shape index (κ2) is 5.72. The average molecular weight is 185 g/mol. The van der Waals surface area contributed by atoms with Gasteiger partial charge in [-0.3, -0.25) is 16.1 Å². The molecule has 1 atom stereocenters. The van der Waals surface area contributed by atoms with E-state index < -0.39 is 0 Å². The molecule has 3 N–H and O–H groups in total. The van der Waals surface area contributed by atoms with Crippen LogP contribution in [0.2, 0.25) is 0 Å². The zero-order chi connectivity index (χ0) is 8.97. The third-order valence-electron chi connectivity index (χ3n) is 2.14. The first-order chi connectivity index (χ1) is 5.77. The maximum atomic E-state index is 11.2. The first-order valence-electron chi connectivity index (χ1n) is 4.15. The predicted molar refractivity (Wildman–Crippen MR) is 53.9 cm³/mol. The van der Waals surface area contributed by atoms with Crippen LogP contribution in [0, 0.1) is 0 Å². The zero-order valence-electron chi connectivity index (χ0n) is 7.12. The van der Waals surface area contributed by atoms with Crippen LogP contribution in [0.15, 0.2) is 12.7 Å². The summed E-state index contributed by atoms with van der Waals surface area (Å²) in [5, 5.41) is 0. The molecule has 0 aromatic carbocycles. The lowest BCUT2D eigenvalue weighted by molar-refractivity contribution is -0.127. The molecule has 1 aliphatic heterocycles. The van der Waals surface area contributed by atoms with Gasteiger partial charge in [-0.05, 0) is 18.9 Å². The maximum Gasteiger partial charge on any atom is 0.246 e. The number of hydrogen-bond donors (Lipinski definition) is 2. The van der Waals surface area contributed by atoms with Gasteiger partial charge in [0.1, 0.15) is 0 Å². The van der Waals surface area contributed by atoms with Crippen LogP contribution in [0.1, 0.15) is 20.3 Å². The van der Waals surface area contributed by atoms with Gasteiger partial charge in [0.25, 0.3) is 0 Å². The van der Waals surface area contributed by atoms with Gasteiger partial charge in [0, 0.05) is 19.1 Å². The topological polar surface area (TPSA) is 58.4 Å². The molecular formula is C9H19N3O. The number of carbonyl (C=O) groups is 1. The van der Waals surface area contributed by atoms with Gasteiger partial charge in [-0.15, -0.1) is 0 Å². The largest absolute Gasteiger partial charge is 0.338 e. The first kappa shape index (κ1) is 12.1. The number of nitrogens with zero attached hydrogens (tertiary/aromatic N) is 1. The lowest BCUT2D eigenvalue weighted by atomic mass is 10.1. The van der Waals surface area contributed by atoms with Crippen LogP contribution in [-0.4, -0.2) is 29.9 Å². The molecule has 76 valence electrons. The van der Waals surface area contributed by atoms with Gasteiger partial charge >= 0.3 is 0 Å². The summed E-state index contributed by atoms with van der Waals surface area (Å²) in [5.41, 5.74) is 2.68. The SMILES string of the molecule is C.C=CC(=O)N1CCC[C@@H](NN)C1. The van der Waals surface area contributed by atoms with Crippen molar-refractivity contribution in [2.24, 2.45) is 5.84 Å². The van der Waals surface area contributed by atoms with Crippen molar-refractivity contribution in [1.82, 2.24) is 10.3 Å². The van der Waals surface area contributed by atoms with Crippen LogP contribution >= 0.6 is 0 Å². The highest BCUT2D eigenvalue weighted by Gasteiger charge is 2.20. The molecule has 1 fully saturated rings. The van der Waals surface area contributed by atoms with E-state index in [0.717, 1.165) is 19.4 Å². The van der Waals surface area contributed by atoms with Crippen molar-refractivity contribution in [2.45, 2.75) is 26.3 Å². The Hall–Kier alpha value is -0.870. The van der Waals surface area contributed by atoms with E-state index in [4.69, 9.17) is 5.84 Å². The highest BCUT2D eigenvalue weighted by molar-refractivity contribution is 5.87. The Morgan fingerprint density at radius 1 is 1.69 bits per heavy atom. The van der Waals surface area contributed by atoms with Crippen molar-refractivity contribution < 1.29 is 4.79 Å². The number of amides is 1. The number of rotatable bonds is 2. The van der Waals surface area contributed by atoms with Crippen LogP contribution < -0.4 is 11.3 Å². The standard InChI is InChI=1S/C8H15N3O.CH4/c1-2-8(12)11-5-3-4-7(6-11)10-9;/h2,7,10H,1,3-6,9H2;1H4/t7-;/m1./s1. The Morgan fingerprint density at radius 2 is 2.38 bits per heavy atom. The number of nitrogens with two attached hydrogens (primary N) is 1. The summed E-state index contributed by atoms with van der Waals surface area (Å²) in [5.74, 6) is 5.29. The smallest absolute Gasteiger partial charge is 0.246 e. The maximum absolute atomic E-state index is 11.2. The monoisotopic (exact) mass is 185 g/mol. The Bertz CT molecular complexity index is 182.